The second-order valence-electron chi connectivity index (χ2n) is 14.1. The van der Waals surface area contributed by atoms with Gasteiger partial charge in [0.05, 0.1) is 32.6 Å². The van der Waals surface area contributed by atoms with Gasteiger partial charge >= 0.3 is 0 Å². The van der Waals surface area contributed by atoms with E-state index in [0.717, 1.165) is 5.39 Å². The third kappa shape index (κ3) is 7.42. The average molecular weight is 840 g/mol. The number of carbonyl (C=O) groups excluding carboxylic acids is 2. The molecule has 8 aromatic carbocycles. The lowest BCUT2D eigenvalue weighted by molar-refractivity contribution is -0.384. The Morgan fingerprint density at radius 2 is 1.19 bits per heavy atom. The number of amides is 1. The molecule has 4 N–H and O–H groups in total. The third-order valence-corrected chi connectivity index (χ3v) is 10.6. The summed E-state index contributed by atoms with van der Waals surface area (Å²) >= 11 is 6.26. The van der Waals surface area contributed by atoms with Crippen LogP contribution in [0, 0.1) is 10.1 Å². The number of aromatic hydroxyl groups is 2. The van der Waals surface area contributed by atoms with Gasteiger partial charge < -0.3 is 15.5 Å². The molecule has 0 aromatic heterocycles. The number of carbonyl (C=O) groups is 2. The van der Waals surface area contributed by atoms with E-state index in [-0.39, 0.29) is 52.2 Å². The van der Waals surface area contributed by atoms with Crippen LogP contribution in [0.5, 0.6) is 11.5 Å². The largest absolute Gasteiger partial charge is 0.505 e. The molecule has 302 valence electrons. The predicted octanol–water partition coefficient (Wildman–Crippen LogP) is 12.8. The summed E-state index contributed by atoms with van der Waals surface area (Å²) in [4.78, 5) is 43.7. The van der Waals surface area contributed by atoms with Crippen molar-refractivity contribution in [2.24, 2.45) is 20.5 Å². The highest BCUT2D eigenvalue weighted by molar-refractivity contribution is 6.34. The zero-order valence-corrected chi connectivity index (χ0v) is 32.9. The Bertz CT molecular complexity index is 3230. The van der Waals surface area contributed by atoms with Gasteiger partial charge in [-0.25, -0.2) is 0 Å². The molecule has 9 rings (SSSR count). The minimum atomic E-state index is -0.588. The number of para-hydroxylation sites is 3. The number of phenolic OH excluding ortho intramolecular Hbond substituents is 2. The molecule has 0 unspecified atom stereocenters. The van der Waals surface area contributed by atoms with E-state index in [1.807, 2.05) is 12.1 Å². The molecule has 15 heteroatoms. The van der Waals surface area contributed by atoms with Gasteiger partial charge in [-0.15, -0.1) is 10.2 Å². The highest BCUT2D eigenvalue weighted by Crippen LogP contribution is 2.44. The monoisotopic (exact) mass is 839 g/mol. The summed E-state index contributed by atoms with van der Waals surface area (Å²) in [5, 5.41) is 57.4. The van der Waals surface area contributed by atoms with Gasteiger partial charge in [-0.1, -0.05) is 96.5 Å². The van der Waals surface area contributed by atoms with Gasteiger partial charge in [0.2, 0.25) is 0 Å². The Morgan fingerprint density at radius 1 is 0.645 bits per heavy atom. The molecule has 0 radical (unpaired) electrons. The first-order valence-electron chi connectivity index (χ1n) is 19.0. The van der Waals surface area contributed by atoms with Gasteiger partial charge in [0.15, 0.2) is 11.5 Å². The molecule has 0 heterocycles. The van der Waals surface area contributed by atoms with Crippen LogP contribution in [0.1, 0.15) is 31.8 Å². The van der Waals surface area contributed by atoms with E-state index in [1.54, 1.807) is 121 Å². The van der Waals surface area contributed by atoms with Crippen molar-refractivity contribution in [1.29, 1.82) is 0 Å². The molecule has 1 amide bonds. The molecule has 0 spiro atoms. The van der Waals surface area contributed by atoms with Crippen LogP contribution in [-0.4, -0.2) is 26.8 Å². The Kier molecular flexibility index (Phi) is 10.3. The maximum Gasteiger partial charge on any atom is 0.294 e. The zero-order valence-electron chi connectivity index (χ0n) is 32.1. The molecule has 14 nitrogen and oxygen atoms in total. The van der Waals surface area contributed by atoms with Crippen molar-refractivity contribution in [3.8, 4) is 22.6 Å². The smallest absolute Gasteiger partial charge is 0.294 e. The maximum absolute atomic E-state index is 13.9. The van der Waals surface area contributed by atoms with Crippen LogP contribution < -0.4 is 10.8 Å². The fourth-order valence-electron chi connectivity index (χ4n) is 7.24. The Labute approximate surface area is 356 Å². The number of hydrogen-bond acceptors (Lipinski definition) is 12. The SMILES string of the molecule is O=C1c2cc(N=Nc3c(O)c(CONc4ccccc4[N+](=O)[O-])cc4ccccc34)ccc2-c2ccc(N=Nc3c(O)c(C(=O)Nc4ccccc4Cl)cc4ccccc34)cc21. The van der Waals surface area contributed by atoms with Gasteiger partial charge in [0.25, 0.3) is 11.6 Å². The number of nitro benzene ring substituents is 1. The molecular weight excluding hydrogens is 810 g/mol. The number of anilines is 2. The van der Waals surface area contributed by atoms with Crippen LogP contribution in [0.3, 0.4) is 0 Å². The summed E-state index contributed by atoms with van der Waals surface area (Å²) in [5.74, 6) is -1.43. The van der Waals surface area contributed by atoms with Crippen LogP contribution in [0.4, 0.5) is 39.8 Å². The van der Waals surface area contributed by atoms with Crippen molar-refractivity contribution in [2.75, 3.05) is 10.8 Å². The second kappa shape index (κ2) is 16.4. The number of nitrogens with zero attached hydrogens (tertiary/aromatic N) is 5. The Morgan fingerprint density at radius 3 is 1.82 bits per heavy atom. The number of benzene rings is 8. The summed E-state index contributed by atoms with van der Waals surface area (Å²) in [6, 6.07) is 40.7. The molecule has 0 bridgehead atoms. The summed E-state index contributed by atoms with van der Waals surface area (Å²) < 4.78 is 0. The number of halogens is 1. The quantitative estimate of drug-likeness (QED) is 0.0559. The summed E-state index contributed by atoms with van der Waals surface area (Å²) in [7, 11) is 0. The molecule has 1 aliphatic carbocycles. The number of phenols is 2. The fourth-order valence-corrected chi connectivity index (χ4v) is 7.42. The van der Waals surface area contributed by atoms with Crippen LogP contribution in [0.25, 0.3) is 32.7 Å². The number of nitro groups is 1. The maximum atomic E-state index is 13.9. The van der Waals surface area contributed by atoms with Crippen molar-refractivity contribution in [1.82, 2.24) is 0 Å². The lowest BCUT2D eigenvalue weighted by atomic mass is 10.0. The van der Waals surface area contributed by atoms with Crippen molar-refractivity contribution >= 4 is 84.6 Å². The van der Waals surface area contributed by atoms with E-state index in [9.17, 15) is 29.9 Å². The van der Waals surface area contributed by atoms with Gasteiger partial charge in [0.1, 0.15) is 29.4 Å². The van der Waals surface area contributed by atoms with Crippen LogP contribution in [0.2, 0.25) is 5.02 Å². The first-order valence-corrected chi connectivity index (χ1v) is 19.3. The first-order chi connectivity index (χ1) is 30.1. The van der Waals surface area contributed by atoms with Crippen molar-refractivity contribution in [3.05, 3.63) is 183 Å². The third-order valence-electron chi connectivity index (χ3n) is 10.3. The van der Waals surface area contributed by atoms with Crippen molar-refractivity contribution < 1.29 is 29.6 Å². The molecule has 0 aliphatic heterocycles. The summed E-state index contributed by atoms with van der Waals surface area (Å²) in [6.07, 6.45) is 0. The zero-order chi connectivity index (χ0) is 42.9. The van der Waals surface area contributed by atoms with E-state index in [1.165, 1.54) is 12.1 Å². The minimum Gasteiger partial charge on any atom is -0.505 e. The molecule has 0 atom stereocenters. The number of nitrogens with one attached hydrogen (secondary N) is 2. The second-order valence-corrected chi connectivity index (χ2v) is 14.5. The van der Waals surface area contributed by atoms with Gasteiger partial charge in [0, 0.05) is 33.5 Å². The summed E-state index contributed by atoms with van der Waals surface area (Å²) in [5.41, 5.74) is 6.37. The van der Waals surface area contributed by atoms with E-state index in [0.29, 0.717) is 66.1 Å². The average Bonchev–Trinajstić information content (AvgIpc) is 3.56. The molecule has 1 aliphatic rings. The fraction of sp³-hybridized carbons (Fsp3) is 0.0213. The summed E-state index contributed by atoms with van der Waals surface area (Å²) in [6.45, 7) is -0.163. The predicted molar refractivity (Wildman–Crippen MR) is 236 cm³/mol. The Hall–Kier alpha value is -8.33. The number of fused-ring (bicyclic) bond motifs is 5. The minimum absolute atomic E-state index is 0.0265. The highest BCUT2D eigenvalue weighted by Gasteiger charge is 2.28. The molecular formula is C47H30ClN7O7. The van der Waals surface area contributed by atoms with E-state index < -0.39 is 10.8 Å². The van der Waals surface area contributed by atoms with Crippen molar-refractivity contribution in [2.45, 2.75) is 6.61 Å². The van der Waals surface area contributed by atoms with Gasteiger partial charge in [-0.2, -0.15) is 10.2 Å². The topological polar surface area (TPSA) is 200 Å². The lowest BCUT2D eigenvalue weighted by Crippen LogP contribution is -2.12. The Balaban J connectivity index is 0.965. The van der Waals surface area contributed by atoms with E-state index in [2.05, 4.69) is 31.3 Å². The van der Waals surface area contributed by atoms with Gasteiger partial charge in [-0.3, -0.25) is 30.0 Å². The lowest BCUT2D eigenvalue weighted by Gasteiger charge is -2.12. The number of rotatable bonds is 11. The number of ketones is 1. The standard InChI is InChI=1S/C47H30ClN7O7/c48-38-13-5-6-14-39(38)49-47(59)37-22-27-10-2-4-12-32(27)43(46(37)58)53-51-30-18-20-34-33-19-17-29(23-35(33)45(57)36(34)24-30)50-52-42-31-11-3-1-9-26(31)21-28(44(42)56)25-62-54-40-15-7-8-16-41(40)55(60)61/h1-24,54,56,58H,25H2,(H,49,59). The van der Waals surface area contributed by atoms with Gasteiger partial charge in [-0.05, 0) is 76.5 Å². The van der Waals surface area contributed by atoms with Crippen molar-refractivity contribution in [3.63, 3.8) is 0 Å². The van der Waals surface area contributed by atoms with Crippen LogP contribution in [0.15, 0.2) is 166 Å². The first kappa shape index (κ1) is 39.1. The van der Waals surface area contributed by atoms with Crippen LogP contribution >= 0.6 is 11.6 Å². The normalized spacial score (nSPS) is 12.0. The number of azo groups is 2. The van der Waals surface area contributed by atoms with E-state index in [4.69, 9.17) is 16.4 Å². The molecule has 62 heavy (non-hydrogen) atoms. The highest BCUT2D eigenvalue weighted by atomic mass is 35.5. The molecule has 0 saturated carbocycles. The number of hydrogen-bond donors (Lipinski definition) is 4. The van der Waals surface area contributed by atoms with E-state index >= 15 is 0 Å². The molecule has 0 saturated heterocycles. The molecule has 8 aromatic rings. The molecule has 0 fully saturated rings. The van der Waals surface area contributed by atoms with Crippen LogP contribution in [-0.2, 0) is 11.4 Å².